The molecule has 0 aliphatic heterocycles. The molecule has 88 valence electrons. The Morgan fingerprint density at radius 2 is 2.44 bits per heavy atom. The Hall–Kier alpha value is -0.330. The van der Waals surface area contributed by atoms with E-state index in [0.717, 1.165) is 6.42 Å². The zero-order valence-electron chi connectivity index (χ0n) is 8.52. The third-order valence-corrected chi connectivity index (χ3v) is 3.65. The van der Waals surface area contributed by atoms with Crippen LogP contribution in [0.2, 0.25) is 0 Å². The molecule has 1 heterocycles. The zero-order valence-corrected chi connectivity index (χ0v) is 11.7. The highest BCUT2D eigenvalue weighted by Gasteiger charge is 2.18. The Balaban J connectivity index is 2.90. The van der Waals surface area contributed by atoms with E-state index >= 15 is 0 Å². The molecule has 0 aliphatic rings. The average molecular weight is 326 g/mol. The van der Waals surface area contributed by atoms with Crippen molar-refractivity contribution in [1.82, 2.24) is 4.98 Å². The fourth-order valence-electron chi connectivity index (χ4n) is 1.04. The average Bonchev–Trinajstić information content (AvgIpc) is 2.20. The van der Waals surface area contributed by atoms with E-state index in [0.29, 0.717) is 15.4 Å². The third kappa shape index (κ3) is 3.92. The Morgan fingerprint density at radius 3 is 3.00 bits per heavy atom. The van der Waals surface area contributed by atoms with Gasteiger partial charge in [-0.05, 0) is 22.4 Å². The van der Waals surface area contributed by atoms with Crippen LogP contribution in [-0.4, -0.2) is 21.0 Å². The van der Waals surface area contributed by atoms with Gasteiger partial charge in [0.2, 0.25) is 0 Å². The lowest BCUT2D eigenvalue weighted by atomic mass is 10.4. The van der Waals surface area contributed by atoms with Crippen LogP contribution in [0.15, 0.2) is 21.8 Å². The molecule has 4 nitrogen and oxygen atoms in total. The highest BCUT2D eigenvalue weighted by molar-refractivity contribution is 9.10. The predicted molar refractivity (Wildman–Crippen MR) is 69.2 cm³/mol. The maximum atomic E-state index is 10.8. The second kappa shape index (κ2) is 6.42. The largest absolute Gasteiger partial charge is 0.302 e. The van der Waals surface area contributed by atoms with Crippen LogP contribution in [0, 0.1) is 10.1 Å². The molecule has 0 aliphatic carbocycles. The molecule has 0 radical (unpaired) electrons. The number of alkyl halides is 1. The van der Waals surface area contributed by atoms with Gasteiger partial charge in [0.25, 0.3) is 0 Å². The second-order valence-corrected chi connectivity index (χ2v) is 5.86. The van der Waals surface area contributed by atoms with Gasteiger partial charge < -0.3 is 0 Å². The summed E-state index contributed by atoms with van der Waals surface area (Å²) >= 11 is 10.2. The maximum absolute atomic E-state index is 10.8. The fraction of sp³-hybridized carbons (Fsp3) is 0.444. The number of nitro groups is 1. The van der Waals surface area contributed by atoms with E-state index in [9.17, 15) is 10.1 Å². The number of aromatic nitrogens is 1. The van der Waals surface area contributed by atoms with Crippen molar-refractivity contribution in [2.24, 2.45) is 0 Å². The smallest absolute Gasteiger partial charge is 0.258 e. The number of hydrogen-bond donors (Lipinski definition) is 0. The minimum absolute atomic E-state index is 0.0285. The predicted octanol–water partition coefficient (Wildman–Crippen LogP) is 3.86. The van der Waals surface area contributed by atoms with Gasteiger partial charge in [0.05, 0.1) is 4.92 Å². The molecule has 1 aromatic rings. The molecule has 1 rings (SSSR count). The van der Waals surface area contributed by atoms with E-state index in [1.54, 1.807) is 6.20 Å². The second-order valence-electron chi connectivity index (χ2n) is 3.14. The van der Waals surface area contributed by atoms with E-state index in [1.807, 2.05) is 6.92 Å². The standard InChI is InChI=1S/C9H10BrClN2O2S/c1-6(2-3-11)16-9-8(13(14)15)4-7(10)5-12-9/h4-6H,2-3H2,1H3. The third-order valence-electron chi connectivity index (χ3n) is 1.82. The lowest BCUT2D eigenvalue weighted by Gasteiger charge is -2.08. The highest BCUT2D eigenvalue weighted by Crippen LogP contribution is 2.32. The highest BCUT2D eigenvalue weighted by atomic mass is 79.9. The minimum Gasteiger partial charge on any atom is -0.258 e. The molecule has 7 heteroatoms. The summed E-state index contributed by atoms with van der Waals surface area (Å²) in [4.78, 5) is 14.4. The molecule has 0 amide bonds. The quantitative estimate of drug-likeness (QED) is 0.357. The van der Waals surface area contributed by atoms with Gasteiger partial charge in [-0.1, -0.05) is 18.7 Å². The fourth-order valence-corrected chi connectivity index (χ4v) is 2.80. The Kier molecular flexibility index (Phi) is 5.51. The van der Waals surface area contributed by atoms with E-state index in [4.69, 9.17) is 11.6 Å². The van der Waals surface area contributed by atoms with Crippen LogP contribution >= 0.6 is 39.3 Å². The SMILES string of the molecule is CC(CCCl)Sc1ncc(Br)cc1[N+](=O)[O-]. The molecular formula is C9H10BrClN2O2S. The number of halogens is 2. The van der Waals surface area contributed by atoms with Crippen LogP contribution in [0.1, 0.15) is 13.3 Å². The molecule has 0 aromatic carbocycles. The molecule has 0 fully saturated rings. The summed E-state index contributed by atoms with van der Waals surface area (Å²) in [6, 6.07) is 1.46. The summed E-state index contributed by atoms with van der Waals surface area (Å²) < 4.78 is 0.605. The number of pyridine rings is 1. The molecular weight excluding hydrogens is 316 g/mol. The monoisotopic (exact) mass is 324 g/mol. The summed E-state index contributed by atoms with van der Waals surface area (Å²) in [5.74, 6) is 0.540. The van der Waals surface area contributed by atoms with Crippen molar-refractivity contribution < 1.29 is 4.92 Å². The van der Waals surface area contributed by atoms with Crippen molar-refractivity contribution in [2.45, 2.75) is 23.6 Å². The summed E-state index contributed by atoms with van der Waals surface area (Å²) in [7, 11) is 0. The van der Waals surface area contributed by atoms with Gasteiger partial charge in [-0.2, -0.15) is 0 Å². The normalized spacial score (nSPS) is 12.4. The summed E-state index contributed by atoms with van der Waals surface area (Å²) in [5, 5.41) is 11.5. The van der Waals surface area contributed by atoms with Gasteiger partial charge >= 0.3 is 5.69 Å². The van der Waals surface area contributed by atoms with Gasteiger partial charge in [0.1, 0.15) is 0 Å². The summed E-state index contributed by atoms with van der Waals surface area (Å²) in [6.07, 6.45) is 2.35. The Labute approximate surface area is 111 Å². The van der Waals surface area contributed by atoms with Crippen molar-refractivity contribution in [3.05, 3.63) is 26.9 Å². The Bertz CT molecular complexity index is 392. The maximum Gasteiger partial charge on any atom is 0.302 e. The zero-order chi connectivity index (χ0) is 12.1. The number of nitrogens with zero attached hydrogens (tertiary/aromatic N) is 2. The van der Waals surface area contributed by atoms with Gasteiger partial charge in [0.15, 0.2) is 5.03 Å². The lowest BCUT2D eigenvalue weighted by Crippen LogP contribution is -2.00. The van der Waals surface area contributed by atoms with Crippen LogP contribution in [0.5, 0.6) is 0 Å². The molecule has 0 spiro atoms. The summed E-state index contributed by atoms with van der Waals surface area (Å²) in [6.45, 7) is 1.97. The van der Waals surface area contributed by atoms with Crippen LogP contribution in [0.25, 0.3) is 0 Å². The van der Waals surface area contributed by atoms with Crippen molar-refractivity contribution in [3.63, 3.8) is 0 Å². The van der Waals surface area contributed by atoms with E-state index in [1.165, 1.54) is 17.8 Å². The van der Waals surface area contributed by atoms with Gasteiger partial charge in [0, 0.05) is 27.9 Å². The van der Waals surface area contributed by atoms with Crippen molar-refractivity contribution in [1.29, 1.82) is 0 Å². The van der Waals surface area contributed by atoms with Crippen LogP contribution in [0.3, 0.4) is 0 Å². The minimum atomic E-state index is -0.423. The molecule has 1 unspecified atom stereocenters. The van der Waals surface area contributed by atoms with Crippen molar-refractivity contribution >= 4 is 45.0 Å². The molecule has 0 saturated carbocycles. The molecule has 16 heavy (non-hydrogen) atoms. The van der Waals surface area contributed by atoms with E-state index in [2.05, 4.69) is 20.9 Å². The number of thioether (sulfide) groups is 1. The first-order valence-electron chi connectivity index (χ1n) is 4.57. The molecule has 0 N–H and O–H groups in total. The van der Waals surface area contributed by atoms with Crippen molar-refractivity contribution in [2.75, 3.05) is 5.88 Å². The molecule has 1 atom stereocenters. The van der Waals surface area contributed by atoms with Gasteiger partial charge in [-0.25, -0.2) is 4.98 Å². The first kappa shape index (κ1) is 13.7. The Morgan fingerprint density at radius 1 is 1.75 bits per heavy atom. The molecule has 0 bridgehead atoms. The number of rotatable bonds is 5. The molecule has 1 aromatic heterocycles. The first-order chi connectivity index (χ1) is 7.54. The number of hydrogen-bond acceptors (Lipinski definition) is 4. The summed E-state index contributed by atoms with van der Waals surface area (Å²) in [5.41, 5.74) is 0.0285. The first-order valence-corrected chi connectivity index (χ1v) is 6.78. The molecule has 0 saturated heterocycles. The van der Waals surface area contributed by atoms with Crippen molar-refractivity contribution in [3.8, 4) is 0 Å². The van der Waals surface area contributed by atoms with Crippen LogP contribution < -0.4 is 0 Å². The van der Waals surface area contributed by atoms with Gasteiger partial charge in [-0.3, -0.25) is 10.1 Å². The van der Waals surface area contributed by atoms with Crippen LogP contribution in [0.4, 0.5) is 5.69 Å². The lowest BCUT2D eigenvalue weighted by molar-refractivity contribution is -0.388. The topological polar surface area (TPSA) is 56.0 Å². The van der Waals surface area contributed by atoms with Crippen LogP contribution in [-0.2, 0) is 0 Å². The van der Waals surface area contributed by atoms with E-state index < -0.39 is 4.92 Å². The van der Waals surface area contributed by atoms with E-state index in [-0.39, 0.29) is 10.9 Å². The van der Waals surface area contributed by atoms with Gasteiger partial charge in [-0.15, -0.1) is 11.6 Å².